The van der Waals surface area contributed by atoms with Crippen molar-refractivity contribution >= 4 is 23.4 Å². The minimum Gasteiger partial charge on any atom is -0.405 e. The third-order valence-corrected chi connectivity index (χ3v) is 7.09. The quantitative estimate of drug-likeness (QED) is 0.282. The van der Waals surface area contributed by atoms with Gasteiger partial charge in [-0.3, -0.25) is 19.1 Å². The molecule has 1 aromatic carbocycles. The molecule has 2 aliphatic carbocycles. The van der Waals surface area contributed by atoms with Crippen LogP contribution in [-0.4, -0.2) is 65.1 Å². The largest absolute Gasteiger partial charge is 0.573 e. The van der Waals surface area contributed by atoms with Crippen LogP contribution in [0.15, 0.2) is 24.4 Å². The van der Waals surface area contributed by atoms with Crippen molar-refractivity contribution in [1.82, 2.24) is 20.0 Å². The molecule has 2 saturated carbocycles. The molecule has 16 heteroatoms. The summed E-state index contributed by atoms with van der Waals surface area (Å²) in [5.74, 6) is -4.69. The number of nitrogens with zero attached hydrogens (tertiary/aromatic N) is 3. The molecule has 45 heavy (non-hydrogen) atoms. The number of aromatic nitrogens is 2. The first kappa shape index (κ1) is 35.6. The van der Waals surface area contributed by atoms with Gasteiger partial charge in [0.15, 0.2) is 0 Å². The monoisotopic (exact) mass is 651 g/mol. The first-order chi connectivity index (χ1) is 20.8. The summed E-state index contributed by atoms with van der Waals surface area (Å²) in [6.45, 7) is 2.10. The molecule has 1 aromatic heterocycles. The van der Waals surface area contributed by atoms with Gasteiger partial charge in [-0.05, 0) is 51.2 Å². The summed E-state index contributed by atoms with van der Waals surface area (Å²) >= 11 is 0. The predicted octanol–water partition coefficient (Wildman–Crippen LogP) is 6.19. The summed E-state index contributed by atoms with van der Waals surface area (Å²) < 4.78 is 96.8. The molecule has 1 unspecified atom stereocenters. The van der Waals surface area contributed by atoms with E-state index in [0.717, 1.165) is 14.0 Å². The number of anilines is 1. The number of alkyl halides is 6. The average molecular weight is 652 g/mol. The Labute approximate surface area is 255 Å². The highest BCUT2D eigenvalue weighted by atomic mass is 19.4. The van der Waals surface area contributed by atoms with E-state index in [4.69, 9.17) is 0 Å². The van der Waals surface area contributed by atoms with E-state index in [9.17, 15) is 45.1 Å². The molecule has 250 valence electrons. The molecule has 2 aromatic rings. The molecule has 4 rings (SSSR count). The van der Waals surface area contributed by atoms with Gasteiger partial charge >= 0.3 is 12.5 Å². The van der Waals surface area contributed by atoms with Gasteiger partial charge in [-0.15, -0.1) is 13.2 Å². The number of halogens is 7. The van der Waals surface area contributed by atoms with E-state index in [1.54, 1.807) is 46.0 Å². The molecule has 1 heterocycles. The Morgan fingerprint density at radius 2 is 1.64 bits per heavy atom. The van der Waals surface area contributed by atoms with E-state index < -0.39 is 72.1 Å². The Morgan fingerprint density at radius 1 is 1.04 bits per heavy atom. The highest BCUT2D eigenvalue weighted by Crippen LogP contribution is 2.44. The Balaban J connectivity index is 0.000000679. The molecule has 0 spiro atoms. The zero-order chi connectivity index (χ0) is 33.7. The van der Waals surface area contributed by atoms with Crippen LogP contribution in [0.1, 0.15) is 80.9 Å². The van der Waals surface area contributed by atoms with Crippen LogP contribution in [0.4, 0.5) is 36.4 Å². The summed E-state index contributed by atoms with van der Waals surface area (Å²) in [5.41, 5.74) is -1.37. The molecule has 1 atom stereocenters. The lowest BCUT2D eigenvalue weighted by molar-refractivity contribution is -0.275. The van der Waals surface area contributed by atoms with Crippen molar-refractivity contribution in [3.8, 4) is 5.75 Å². The first-order valence-electron chi connectivity index (χ1n) is 14.4. The zero-order valence-corrected chi connectivity index (χ0v) is 25.2. The summed E-state index contributed by atoms with van der Waals surface area (Å²) in [7, 11) is 0.782. The summed E-state index contributed by atoms with van der Waals surface area (Å²) in [5, 5.41) is 8.20. The van der Waals surface area contributed by atoms with Gasteiger partial charge < -0.3 is 20.3 Å². The number of hydrogen-bond acceptors (Lipinski definition) is 5. The van der Waals surface area contributed by atoms with E-state index in [1.807, 2.05) is 5.32 Å². The second-order valence-electron chi connectivity index (χ2n) is 11.6. The molecule has 2 fully saturated rings. The number of likely N-dealkylation sites (N-methyl/N-ethyl adjacent to an activating group) is 1. The maximum atomic E-state index is 14.7. The number of carbonyl (C=O) groups is 3. The SMILES string of the molecule is C1CC1CC1CC1.CC(C(=O)N(C)CC(F)(F)F)c1cc(F)c(NC(=O)CNC(=O)c2ccnn2C(C)C)cc1OC(F)(F)F. The number of ether oxygens (including phenoxy) is 1. The Morgan fingerprint density at radius 3 is 2.16 bits per heavy atom. The maximum Gasteiger partial charge on any atom is 0.573 e. The van der Waals surface area contributed by atoms with Gasteiger partial charge in [-0.25, -0.2) is 4.39 Å². The van der Waals surface area contributed by atoms with Crippen molar-refractivity contribution < 1.29 is 49.9 Å². The molecule has 0 saturated heterocycles. The number of rotatable bonds is 11. The van der Waals surface area contributed by atoms with Crippen LogP contribution in [0.3, 0.4) is 0 Å². The minimum absolute atomic E-state index is 0.123. The molecule has 0 bridgehead atoms. The van der Waals surface area contributed by atoms with Gasteiger partial charge in [0.05, 0.1) is 18.2 Å². The Hall–Kier alpha value is -3.85. The summed E-state index contributed by atoms with van der Waals surface area (Å²) in [4.78, 5) is 37.2. The fourth-order valence-corrected chi connectivity index (χ4v) is 4.56. The molecular formula is C29H36F7N5O4. The van der Waals surface area contributed by atoms with Crippen LogP contribution in [0, 0.1) is 17.7 Å². The van der Waals surface area contributed by atoms with Gasteiger partial charge in [0.1, 0.15) is 23.8 Å². The fourth-order valence-electron chi connectivity index (χ4n) is 4.56. The summed E-state index contributed by atoms with van der Waals surface area (Å²) in [6.07, 6.45) is -0.943. The number of benzene rings is 1. The third kappa shape index (κ3) is 11.5. The van der Waals surface area contributed by atoms with Crippen LogP contribution in [0.5, 0.6) is 5.75 Å². The topological polar surface area (TPSA) is 106 Å². The molecule has 0 radical (unpaired) electrons. The van der Waals surface area contributed by atoms with Crippen molar-refractivity contribution in [2.24, 2.45) is 11.8 Å². The highest BCUT2D eigenvalue weighted by Gasteiger charge is 2.37. The lowest BCUT2D eigenvalue weighted by Crippen LogP contribution is -2.38. The van der Waals surface area contributed by atoms with Crippen molar-refractivity contribution in [2.45, 2.75) is 77.4 Å². The number of amides is 3. The normalized spacial score (nSPS) is 15.6. The smallest absolute Gasteiger partial charge is 0.405 e. The van der Waals surface area contributed by atoms with Crippen molar-refractivity contribution in [2.75, 3.05) is 25.5 Å². The number of carbonyl (C=O) groups excluding carboxylic acids is 3. The Bertz CT molecular complexity index is 1340. The molecule has 3 amide bonds. The second-order valence-corrected chi connectivity index (χ2v) is 11.6. The Kier molecular flexibility index (Phi) is 11.5. The van der Waals surface area contributed by atoms with E-state index >= 15 is 0 Å². The van der Waals surface area contributed by atoms with Gasteiger partial charge in [0, 0.05) is 30.9 Å². The highest BCUT2D eigenvalue weighted by molar-refractivity contribution is 5.98. The summed E-state index contributed by atoms with van der Waals surface area (Å²) in [6, 6.07) is 2.10. The van der Waals surface area contributed by atoms with Crippen molar-refractivity contribution in [1.29, 1.82) is 0 Å². The van der Waals surface area contributed by atoms with E-state index in [0.29, 0.717) is 12.1 Å². The lowest BCUT2D eigenvalue weighted by atomic mass is 9.97. The van der Waals surface area contributed by atoms with E-state index in [2.05, 4.69) is 15.2 Å². The van der Waals surface area contributed by atoms with Gasteiger partial charge in [0.2, 0.25) is 11.8 Å². The van der Waals surface area contributed by atoms with Gasteiger partial charge in [0.25, 0.3) is 5.91 Å². The molecular weight excluding hydrogens is 615 g/mol. The predicted molar refractivity (Wildman–Crippen MR) is 149 cm³/mol. The third-order valence-electron chi connectivity index (χ3n) is 7.09. The molecule has 2 N–H and O–H groups in total. The molecule has 9 nitrogen and oxygen atoms in total. The van der Waals surface area contributed by atoms with Crippen LogP contribution in [0.25, 0.3) is 0 Å². The standard InChI is InChI=1S/C22H24F7N5O4.C7H12/c1-11(2)34-16(5-6-31-34)19(36)30-9-18(35)32-15-8-17(38-22(27,28)29)13(7-14(15)23)12(3)20(37)33(4)10-21(24,25)26;1-2-6(1)5-7-3-4-7/h5-8,11-12H,9-10H2,1-4H3,(H,30,36)(H,32,35);6-7H,1-5H2. The second kappa shape index (κ2) is 14.5. The van der Waals surface area contributed by atoms with Crippen molar-refractivity contribution in [3.05, 3.63) is 41.5 Å². The lowest BCUT2D eigenvalue weighted by Gasteiger charge is -2.24. The minimum atomic E-state index is -5.32. The number of hydrogen-bond donors (Lipinski definition) is 2. The average Bonchev–Trinajstić information content (AvgIpc) is 3.86. The first-order valence-corrected chi connectivity index (χ1v) is 14.4. The van der Waals surface area contributed by atoms with Gasteiger partial charge in [-0.2, -0.15) is 18.3 Å². The van der Waals surface area contributed by atoms with E-state index in [-0.39, 0.29) is 16.6 Å². The van der Waals surface area contributed by atoms with Crippen LogP contribution < -0.4 is 15.4 Å². The number of nitrogens with one attached hydrogen (secondary N) is 2. The maximum absolute atomic E-state index is 14.7. The molecule has 0 aliphatic heterocycles. The molecule has 2 aliphatic rings. The van der Waals surface area contributed by atoms with Crippen LogP contribution in [0.2, 0.25) is 0 Å². The zero-order valence-electron chi connectivity index (χ0n) is 25.2. The van der Waals surface area contributed by atoms with Crippen molar-refractivity contribution in [3.63, 3.8) is 0 Å². The van der Waals surface area contributed by atoms with E-state index in [1.165, 1.54) is 28.8 Å². The van der Waals surface area contributed by atoms with Gasteiger partial charge in [-0.1, -0.05) is 25.7 Å². The van der Waals surface area contributed by atoms with Crippen LogP contribution >= 0.6 is 0 Å². The van der Waals surface area contributed by atoms with Crippen LogP contribution in [-0.2, 0) is 9.59 Å². The fraction of sp³-hybridized carbons (Fsp3) is 0.586.